The van der Waals surface area contributed by atoms with E-state index in [2.05, 4.69) is 22.0 Å². The third-order valence-corrected chi connectivity index (χ3v) is 6.33. The number of nitrogens with one attached hydrogen (secondary N) is 1. The number of rotatable bonds is 4. The highest BCUT2D eigenvalue weighted by Gasteiger charge is 2.37. The lowest BCUT2D eigenvalue weighted by Gasteiger charge is -2.48. The van der Waals surface area contributed by atoms with Crippen LogP contribution >= 0.6 is 0 Å². The highest BCUT2D eigenvalue weighted by molar-refractivity contribution is 5.95. The van der Waals surface area contributed by atoms with E-state index in [1.807, 2.05) is 64.4 Å². The normalized spacial score (nSPS) is 17.4. The molecule has 31 heavy (non-hydrogen) atoms. The molecule has 0 aliphatic carbocycles. The summed E-state index contributed by atoms with van der Waals surface area (Å²) in [5, 5.41) is 0. The summed E-state index contributed by atoms with van der Waals surface area (Å²) in [6.07, 6.45) is 1.77. The maximum atomic E-state index is 12.9. The zero-order valence-corrected chi connectivity index (χ0v) is 17.4. The number of benzene rings is 2. The van der Waals surface area contributed by atoms with Crippen LogP contribution in [0.2, 0.25) is 0 Å². The van der Waals surface area contributed by atoms with E-state index in [1.54, 1.807) is 6.20 Å². The number of nitrogens with zero attached hydrogens (tertiary/aromatic N) is 3. The number of piperazine rings is 1. The van der Waals surface area contributed by atoms with Gasteiger partial charge in [0.25, 0.3) is 11.8 Å². The number of aromatic nitrogens is 1. The molecule has 1 N–H and O–H groups in total. The molecule has 0 bridgehead atoms. The Bertz CT molecular complexity index is 1030. The molecule has 3 aromatic rings. The molecule has 2 fully saturated rings. The number of amides is 2. The average molecular weight is 415 g/mol. The number of carbonyl (C=O) groups excluding carboxylic acids is 2. The van der Waals surface area contributed by atoms with Gasteiger partial charge in [-0.25, -0.2) is 0 Å². The summed E-state index contributed by atoms with van der Waals surface area (Å²) in [5.74, 6) is 0.158. The summed E-state index contributed by atoms with van der Waals surface area (Å²) in [6, 6.07) is 22.1. The number of carbonyl (C=O) groups is 2. The molecule has 2 aromatic carbocycles. The van der Waals surface area contributed by atoms with Crippen molar-refractivity contribution in [1.29, 1.82) is 0 Å². The van der Waals surface area contributed by atoms with E-state index < -0.39 is 0 Å². The quantitative estimate of drug-likeness (QED) is 0.714. The van der Waals surface area contributed by atoms with Gasteiger partial charge in [-0.2, -0.15) is 0 Å². The van der Waals surface area contributed by atoms with Crippen LogP contribution in [0.4, 0.5) is 0 Å². The molecule has 0 radical (unpaired) electrons. The van der Waals surface area contributed by atoms with Gasteiger partial charge in [0.15, 0.2) is 0 Å². The van der Waals surface area contributed by atoms with Crippen LogP contribution in [0.15, 0.2) is 72.9 Å². The van der Waals surface area contributed by atoms with E-state index in [-0.39, 0.29) is 11.8 Å². The van der Waals surface area contributed by atoms with Crippen LogP contribution in [0.25, 0.3) is 11.1 Å². The van der Waals surface area contributed by atoms with Gasteiger partial charge >= 0.3 is 0 Å². The largest absolute Gasteiger partial charge is 0.357 e. The fraction of sp³-hybridized carbons (Fsp3) is 0.280. The van der Waals surface area contributed by atoms with Crippen LogP contribution in [0.3, 0.4) is 0 Å². The van der Waals surface area contributed by atoms with Gasteiger partial charge in [0.1, 0.15) is 5.69 Å². The topological polar surface area (TPSA) is 59.7 Å². The van der Waals surface area contributed by atoms with E-state index in [0.717, 1.165) is 56.0 Å². The Morgan fingerprint density at radius 2 is 1.39 bits per heavy atom. The van der Waals surface area contributed by atoms with Gasteiger partial charge in [-0.15, -0.1) is 0 Å². The number of likely N-dealkylation sites (tertiary alicyclic amines) is 1. The van der Waals surface area contributed by atoms with Crippen LogP contribution < -0.4 is 0 Å². The minimum atomic E-state index is 0.0639. The number of H-pyrrole nitrogens is 1. The molecule has 2 aliphatic rings. The summed E-state index contributed by atoms with van der Waals surface area (Å²) < 4.78 is 0. The summed E-state index contributed by atoms with van der Waals surface area (Å²) in [6.45, 7) is 4.66. The van der Waals surface area contributed by atoms with Gasteiger partial charge < -0.3 is 14.8 Å². The van der Waals surface area contributed by atoms with Crippen LogP contribution in [-0.2, 0) is 0 Å². The Morgan fingerprint density at radius 3 is 2.03 bits per heavy atom. The van der Waals surface area contributed by atoms with E-state index in [1.165, 1.54) is 0 Å². The van der Waals surface area contributed by atoms with Crippen molar-refractivity contribution in [2.45, 2.75) is 6.04 Å². The Morgan fingerprint density at radius 1 is 0.710 bits per heavy atom. The van der Waals surface area contributed by atoms with E-state index in [9.17, 15) is 9.59 Å². The maximum Gasteiger partial charge on any atom is 0.270 e. The Balaban J connectivity index is 1.12. The molecule has 6 nitrogen and oxygen atoms in total. The summed E-state index contributed by atoms with van der Waals surface area (Å²) in [5.41, 5.74) is 3.65. The van der Waals surface area contributed by atoms with Gasteiger partial charge in [0.2, 0.25) is 0 Å². The van der Waals surface area contributed by atoms with Gasteiger partial charge in [0.05, 0.1) is 0 Å². The highest BCUT2D eigenvalue weighted by Crippen LogP contribution is 2.22. The van der Waals surface area contributed by atoms with Crippen molar-refractivity contribution in [3.63, 3.8) is 0 Å². The van der Waals surface area contributed by atoms with Crippen molar-refractivity contribution in [3.05, 3.63) is 84.2 Å². The molecule has 158 valence electrons. The molecular weight excluding hydrogens is 388 g/mol. The monoisotopic (exact) mass is 414 g/mol. The Kier molecular flexibility index (Phi) is 5.30. The second-order valence-electron chi connectivity index (χ2n) is 8.22. The molecule has 5 rings (SSSR count). The van der Waals surface area contributed by atoms with Crippen LogP contribution in [0.5, 0.6) is 0 Å². The minimum Gasteiger partial charge on any atom is -0.357 e. The fourth-order valence-electron chi connectivity index (χ4n) is 4.39. The average Bonchev–Trinajstić information content (AvgIpc) is 3.34. The van der Waals surface area contributed by atoms with Crippen LogP contribution in [-0.4, -0.2) is 76.8 Å². The zero-order valence-electron chi connectivity index (χ0n) is 17.4. The van der Waals surface area contributed by atoms with Crippen molar-refractivity contribution in [1.82, 2.24) is 19.7 Å². The molecular formula is C25H26N4O2. The standard InChI is InChI=1S/C25H26N4O2/c30-24(21-10-8-20(9-11-21)19-5-2-1-3-6-19)28-15-13-27(14-16-28)22-17-29(18-22)25(31)23-7-4-12-26-23/h1-12,22,26H,13-18H2. The molecule has 0 saturated carbocycles. The smallest absolute Gasteiger partial charge is 0.270 e. The van der Waals surface area contributed by atoms with Gasteiger partial charge in [-0.05, 0) is 35.4 Å². The third-order valence-electron chi connectivity index (χ3n) is 6.33. The van der Waals surface area contributed by atoms with Crippen LogP contribution in [0, 0.1) is 0 Å². The molecule has 0 spiro atoms. The van der Waals surface area contributed by atoms with Gasteiger partial charge in [-0.1, -0.05) is 42.5 Å². The molecule has 2 amide bonds. The lowest BCUT2D eigenvalue weighted by molar-refractivity contribution is 0.00827. The molecule has 0 atom stereocenters. The first kappa shape index (κ1) is 19.6. The third kappa shape index (κ3) is 3.99. The van der Waals surface area contributed by atoms with Crippen LogP contribution in [0.1, 0.15) is 20.8 Å². The summed E-state index contributed by atoms with van der Waals surface area (Å²) in [4.78, 5) is 34.5. The molecule has 6 heteroatoms. The van der Waals surface area contributed by atoms with Crippen molar-refractivity contribution >= 4 is 11.8 Å². The maximum absolute atomic E-state index is 12.9. The zero-order chi connectivity index (χ0) is 21.2. The first-order valence-electron chi connectivity index (χ1n) is 10.8. The van der Waals surface area contributed by atoms with E-state index in [4.69, 9.17) is 0 Å². The second kappa shape index (κ2) is 8.40. The Hall–Kier alpha value is -3.38. The lowest BCUT2D eigenvalue weighted by atomic mass is 10.0. The predicted molar refractivity (Wildman–Crippen MR) is 120 cm³/mol. The Labute approximate surface area is 182 Å². The molecule has 0 unspecified atom stereocenters. The van der Waals surface area contributed by atoms with Gasteiger partial charge in [-0.3, -0.25) is 14.5 Å². The lowest BCUT2D eigenvalue weighted by Crippen LogP contribution is -2.64. The molecule has 2 saturated heterocycles. The predicted octanol–water partition coefficient (Wildman–Crippen LogP) is 2.96. The molecule has 3 heterocycles. The van der Waals surface area contributed by atoms with Crippen molar-refractivity contribution in [2.75, 3.05) is 39.3 Å². The first-order valence-corrected chi connectivity index (χ1v) is 10.8. The van der Waals surface area contributed by atoms with Crippen molar-refractivity contribution in [2.24, 2.45) is 0 Å². The first-order chi connectivity index (χ1) is 15.2. The summed E-state index contributed by atoms with van der Waals surface area (Å²) in [7, 11) is 0. The second-order valence-corrected chi connectivity index (χ2v) is 8.22. The fourth-order valence-corrected chi connectivity index (χ4v) is 4.39. The number of hydrogen-bond donors (Lipinski definition) is 1. The number of hydrogen-bond acceptors (Lipinski definition) is 3. The SMILES string of the molecule is O=C(c1ccc(-c2ccccc2)cc1)N1CCN(C2CN(C(=O)c3ccc[nH]3)C2)CC1. The highest BCUT2D eigenvalue weighted by atomic mass is 16.2. The van der Waals surface area contributed by atoms with Gasteiger partial charge in [0, 0.05) is 57.1 Å². The summed E-state index contributed by atoms with van der Waals surface area (Å²) >= 11 is 0. The van der Waals surface area contributed by atoms with Crippen molar-refractivity contribution < 1.29 is 9.59 Å². The minimum absolute atomic E-state index is 0.0639. The number of aromatic amines is 1. The molecule has 1 aromatic heterocycles. The molecule has 2 aliphatic heterocycles. The van der Waals surface area contributed by atoms with E-state index >= 15 is 0 Å². The van der Waals surface area contributed by atoms with Crippen molar-refractivity contribution in [3.8, 4) is 11.1 Å². The van der Waals surface area contributed by atoms with E-state index in [0.29, 0.717) is 11.7 Å².